The van der Waals surface area contributed by atoms with E-state index in [0.29, 0.717) is 0 Å². The quantitative estimate of drug-likeness (QED) is 0.167. The molecule has 55 heavy (non-hydrogen) atoms. The van der Waals surface area contributed by atoms with Crippen LogP contribution in [-0.2, 0) is 5.41 Å². The Kier molecular flexibility index (Phi) is 6.85. The van der Waals surface area contributed by atoms with Crippen molar-refractivity contribution in [1.82, 2.24) is 9.55 Å². The number of aromatic nitrogens is 2. The van der Waals surface area contributed by atoms with Crippen LogP contribution in [0.1, 0.15) is 30.5 Å². The predicted molar refractivity (Wildman–Crippen MR) is 232 cm³/mol. The molecule has 0 unspecified atom stereocenters. The van der Waals surface area contributed by atoms with Gasteiger partial charge in [-0.3, -0.25) is 4.57 Å². The van der Waals surface area contributed by atoms with E-state index < -0.39 is 0 Å². The van der Waals surface area contributed by atoms with E-state index in [-0.39, 0.29) is 5.41 Å². The van der Waals surface area contributed by atoms with Crippen molar-refractivity contribution in [3.63, 3.8) is 0 Å². The van der Waals surface area contributed by atoms with E-state index in [9.17, 15) is 0 Å². The summed E-state index contributed by atoms with van der Waals surface area (Å²) in [6, 6.07) is 64.8. The smallest absolute Gasteiger partial charge is 0.145 e. The Morgan fingerprint density at radius 1 is 0.455 bits per heavy atom. The predicted octanol–water partition coefficient (Wildman–Crippen LogP) is 14.1. The SMILES string of the molecule is Cc1ccc2c(c1)nc(-c1ccccc1)n2-c1ccc2cc(-c3c4ccccc4c(-c4ccc5c(c4)C(C)(C)c4ccccc4-5)c4ccccc34)ccc2c1. The zero-order valence-electron chi connectivity index (χ0n) is 31.1. The molecule has 1 aliphatic carbocycles. The first kappa shape index (κ1) is 31.7. The molecule has 0 spiro atoms. The molecular formula is C53H38N2. The molecule has 2 nitrogen and oxygen atoms in total. The molecule has 0 fully saturated rings. The molecule has 0 atom stereocenters. The summed E-state index contributed by atoms with van der Waals surface area (Å²) in [5.41, 5.74) is 16.0. The van der Waals surface area contributed by atoms with Crippen LogP contribution in [0, 0.1) is 6.92 Å². The lowest BCUT2D eigenvalue weighted by molar-refractivity contribution is 0.660. The monoisotopic (exact) mass is 702 g/mol. The van der Waals surface area contributed by atoms with Crippen molar-refractivity contribution in [3.8, 4) is 50.5 Å². The Bertz CT molecular complexity index is 3120. The Morgan fingerprint density at radius 3 is 1.76 bits per heavy atom. The van der Waals surface area contributed by atoms with Crippen molar-refractivity contribution < 1.29 is 0 Å². The van der Waals surface area contributed by atoms with E-state index >= 15 is 0 Å². The number of hydrogen-bond donors (Lipinski definition) is 0. The van der Waals surface area contributed by atoms with Crippen molar-refractivity contribution >= 4 is 43.4 Å². The first-order valence-corrected chi connectivity index (χ1v) is 19.2. The van der Waals surface area contributed by atoms with Crippen molar-refractivity contribution in [1.29, 1.82) is 0 Å². The Hall–Kier alpha value is -6.77. The standard InChI is InChI=1S/C53H38N2/c1-33-21-28-49-48(29-33)54-52(34-13-5-4-6-14-34)55(49)39-26-24-35-30-37(23-22-36(35)31-39)50-42-16-7-9-18-44(42)51(45-19-10-8-17-43(45)50)38-25-27-41-40-15-11-12-20-46(40)53(2,3)47(41)32-38/h4-32H,1-3H3. The summed E-state index contributed by atoms with van der Waals surface area (Å²) < 4.78 is 2.30. The molecule has 9 aromatic carbocycles. The fraction of sp³-hybridized carbons (Fsp3) is 0.0755. The highest BCUT2D eigenvalue weighted by Crippen LogP contribution is 2.51. The zero-order chi connectivity index (χ0) is 36.8. The van der Waals surface area contributed by atoms with Gasteiger partial charge in [0.15, 0.2) is 0 Å². The van der Waals surface area contributed by atoms with Gasteiger partial charge in [-0.15, -0.1) is 0 Å². The van der Waals surface area contributed by atoms with Gasteiger partial charge in [-0.1, -0.05) is 153 Å². The Balaban J connectivity index is 1.08. The minimum atomic E-state index is -0.0639. The minimum absolute atomic E-state index is 0.0639. The summed E-state index contributed by atoms with van der Waals surface area (Å²) in [4.78, 5) is 5.14. The maximum absolute atomic E-state index is 5.14. The molecule has 1 aliphatic rings. The first-order valence-electron chi connectivity index (χ1n) is 19.2. The zero-order valence-corrected chi connectivity index (χ0v) is 31.1. The van der Waals surface area contributed by atoms with Crippen LogP contribution in [0.15, 0.2) is 176 Å². The van der Waals surface area contributed by atoms with Gasteiger partial charge in [0.05, 0.1) is 11.0 Å². The molecule has 0 bridgehead atoms. The summed E-state index contributed by atoms with van der Waals surface area (Å²) in [5, 5.41) is 7.48. The van der Waals surface area contributed by atoms with Gasteiger partial charge < -0.3 is 0 Å². The fourth-order valence-corrected chi connectivity index (χ4v) is 9.37. The number of rotatable bonds is 4. The third-order valence-electron chi connectivity index (χ3n) is 12.0. The van der Waals surface area contributed by atoms with Crippen LogP contribution in [0.5, 0.6) is 0 Å². The van der Waals surface area contributed by atoms with Crippen molar-refractivity contribution in [2.45, 2.75) is 26.2 Å². The van der Waals surface area contributed by atoms with Gasteiger partial charge in [0.2, 0.25) is 0 Å². The molecule has 0 saturated heterocycles. The van der Waals surface area contributed by atoms with Crippen LogP contribution in [0.2, 0.25) is 0 Å². The second kappa shape index (κ2) is 11.9. The highest BCUT2D eigenvalue weighted by Gasteiger charge is 2.35. The molecule has 0 aliphatic heterocycles. The number of imidazole rings is 1. The van der Waals surface area contributed by atoms with E-state index in [1.807, 2.05) is 0 Å². The molecule has 0 N–H and O–H groups in total. The van der Waals surface area contributed by atoms with Gasteiger partial charge in [-0.25, -0.2) is 4.98 Å². The third kappa shape index (κ3) is 4.78. The molecule has 0 amide bonds. The topological polar surface area (TPSA) is 17.8 Å². The molecular weight excluding hydrogens is 665 g/mol. The van der Waals surface area contributed by atoms with Gasteiger partial charge >= 0.3 is 0 Å². The highest BCUT2D eigenvalue weighted by atomic mass is 15.1. The van der Waals surface area contributed by atoms with Crippen molar-refractivity contribution in [2.24, 2.45) is 0 Å². The lowest BCUT2D eigenvalue weighted by Crippen LogP contribution is -2.14. The number of benzene rings is 9. The first-order chi connectivity index (χ1) is 26.9. The van der Waals surface area contributed by atoms with Crippen LogP contribution in [-0.4, -0.2) is 9.55 Å². The molecule has 1 heterocycles. The van der Waals surface area contributed by atoms with Crippen LogP contribution in [0.3, 0.4) is 0 Å². The maximum atomic E-state index is 5.14. The summed E-state index contributed by atoms with van der Waals surface area (Å²) in [5.74, 6) is 0.951. The van der Waals surface area contributed by atoms with Crippen molar-refractivity contribution in [3.05, 3.63) is 193 Å². The molecule has 1 aromatic heterocycles. The molecule has 0 radical (unpaired) electrons. The third-order valence-corrected chi connectivity index (χ3v) is 12.0. The van der Waals surface area contributed by atoms with Gasteiger partial charge in [0, 0.05) is 16.7 Å². The minimum Gasteiger partial charge on any atom is -0.292 e. The molecule has 260 valence electrons. The summed E-state index contributed by atoms with van der Waals surface area (Å²) >= 11 is 0. The lowest BCUT2D eigenvalue weighted by atomic mass is 9.80. The summed E-state index contributed by atoms with van der Waals surface area (Å²) in [6.45, 7) is 6.86. The van der Waals surface area contributed by atoms with Crippen LogP contribution in [0.25, 0.3) is 93.8 Å². The van der Waals surface area contributed by atoms with E-state index in [1.165, 1.54) is 82.4 Å². The lowest BCUT2D eigenvalue weighted by Gasteiger charge is -2.23. The number of nitrogens with zero attached hydrogens (tertiary/aromatic N) is 2. The number of fused-ring (bicyclic) bond motifs is 7. The van der Waals surface area contributed by atoms with Gasteiger partial charge in [-0.05, 0) is 126 Å². The summed E-state index contributed by atoms with van der Waals surface area (Å²) in [7, 11) is 0. The number of hydrogen-bond acceptors (Lipinski definition) is 1. The Morgan fingerprint density at radius 2 is 1.04 bits per heavy atom. The van der Waals surface area contributed by atoms with Crippen LogP contribution in [0.4, 0.5) is 0 Å². The molecule has 10 aromatic rings. The van der Waals surface area contributed by atoms with Crippen LogP contribution >= 0.6 is 0 Å². The number of aryl methyl sites for hydroxylation is 1. The normalized spacial score (nSPS) is 13.1. The van der Waals surface area contributed by atoms with E-state index in [0.717, 1.165) is 28.1 Å². The van der Waals surface area contributed by atoms with E-state index in [2.05, 4.69) is 201 Å². The van der Waals surface area contributed by atoms with Gasteiger partial charge in [0.1, 0.15) is 5.82 Å². The van der Waals surface area contributed by atoms with Gasteiger partial charge in [-0.2, -0.15) is 0 Å². The Labute approximate surface area is 321 Å². The highest BCUT2D eigenvalue weighted by molar-refractivity contribution is 6.22. The maximum Gasteiger partial charge on any atom is 0.145 e. The second-order valence-electron chi connectivity index (χ2n) is 15.6. The molecule has 2 heteroatoms. The van der Waals surface area contributed by atoms with Crippen LogP contribution < -0.4 is 0 Å². The van der Waals surface area contributed by atoms with Crippen molar-refractivity contribution in [2.75, 3.05) is 0 Å². The average Bonchev–Trinajstić information content (AvgIpc) is 3.71. The second-order valence-corrected chi connectivity index (χ2v) is 15.6. The fourth-order valence-electron chi connectivity index (χ4n) is 9.37. The van der Waals surface area contributed by atoms with E-state index in [4.69, 9.17) is 4.98 Å². The van der Waals surface area contributed by atoms with E-state index in [1.54, 1.807) is 0 Å². The largest absolute Gasteiger partial charge is 0.292 e. The molecule has 0 saturated carbocycles. The molecule has 11 rings (SSSR count). The summed E-state index contributed by atoms with van der Waals surface area (Å²) in [6.07, 6.45) is 0. The van der Waals surface area contributed by atoms with Gasteiger partial charge in [0.25, 0.3) is 0 Å². The average molecular weight is 703 g/mol.